The lowest BCUT2D eigenvalue weighted by Gasteiger charge is -2.39. The zero-order valence-corrected chi connectivity index (χ0v) is 23.1. The molecule has 2 unspecified atom stereocenters. The Morgan fingerprint density at radius 1 is 0.788 bits per heavy atom. The summed E-state index contributed by atoms with van der Waals surface area (Å²) in [6, 6.07) is 24.3. The van der Waals surface area contributed by atoms with Crippen LogP contribution in [0.15, 0.2) is 66.7 Å². The molecule has 0 radical (unpaired) electrons. The van der Waals surface area contributed by atoms with Crippen LogP contribution >= 0.6 is 9.24 Å². The first-order valence-corrected chi connectivity index (χ1v) is 15.1. The van der Waals surface area contributed by atoms with E-state index in [-0.39, 0.29) is 5.16 Å². The standard InChI is InChI=1S/C31H37PSi/c1-22(2)33(23(3)4,24(5)6)21-20-31(32)19-18-26-13-8-10-16-28(26)30(31)29-17-11-14-25-12-7-9-15-27(25)29/h7-18,22-24H,19,32H2,1-6H3. The topological polar surface area (TPSA) is 0 Å². The summed E-state index contributed by atoms with van der Waals surface area (Å²) in [7, 11) is 1.37. The number of benzene rings is 3. The molecule has 2 heteroatoms. The van der Waals surface area contributed by atoms with Crippen LogP contribution in [-0.4, -0.2) is 13.2 Å². The minimum absolute atomic E-state index is 0.296. The van der Waals surface area contributed by atoms with Gasteiger partial charge in [0.05, 0.1) is 5.16 Å². The quantitative estimate of drug-likeness (QED) is 0.218. The first kappa shape index (κ1) is 24.0. The van der Waals surface area contributed by atoms with Crippen LogP contribution in [0.1, 0.15) is 53.5 Å². The van der Waals surface area contributed by atoms with Crippen molar-refractivity contribution < 1.29 is 0 Å². The van der Waals surface area contributed by atoms with Crippen molar-refractivity contribution in [2.45, 2.75) is 69.7 Å². The van der Waals surface area contributed by atoms with Crippen molar-refractivity contribution in [2.24, 2.45) is 0 Å². The Labute approximate surface area is 203 Å². The van der Waals surface area contributed by atoms with Gasteiger partial charge in [-0.25, -0.2) is 0 Å². The van der Waals surface area contributed by atoms with Crippen molar-refractivity contribution in [3.8, 4) is 11.5 Å². The molecular formula is C31H37PSi. The molecule has 2 atom stereocenters. The van der Waals surface area contributed by atoms with Gasteiger partial charge < -0.3 is 0 Å². The van der Waals surface area contributed by atoms with Gasteiger partial charge in [-0.05, 0) is 55.4 Å². The highest BCUT2D eigenvalue weighted by molar-refractivity contribution is 7.21. The number of rotatable bonds is 4. The Morgan fingerprint density at radius 3 is 2.09 bits per heavy atom. The highest BCUT2D eigenvalue weighted by atomic mass is 31.0. The van der Waals surface area contributed by atoms with Crippen molar-refractivity contribution in [3.05, 3.63) is 82.7 Å². The van der Waals surface area contributed by atoms with Crippen LogP contribution < -0.4 is 10.4 Å². The van der Waals surface area contributed by atoms with Gasteiger partial charge in [-0.2, -0.15) is 0 Å². The molecule has 3 aromatic carbocycles. The summed E-state index contributed by atoms with van der Waals surface area (Å²) in [6.45, 7) is 14.4. The molecule has 0 saturated heterocycles. The van der Waals surface area contributed by atoms with E-state index in [0.29, 0.717) is 16.6 Å². The third-order valence-corrected chi connectivity index (χ3v) is 14.7. The maximum absolute atomic E-state index is 4.05. The average molecular weight is 469 g/mol. The summed E-state index contributed by atoms with van der Waals surface area (Å²) >= 11 is 0. The number of fused-ring (bicyclic) bond motifs is 2. The highest BCUT2D eigenvalue weighted by Crippen LogP contribution is 2.43. The van der Waals surface area contributed by atoms with E-state index < -0.39 is 8.07 Å². The lowest BCUT2D eigenvalue weighted by Crippen LogP contribution is -2.44. The Balaban J connectivity index is 2.04. The first-order valence-electron chi connectivity index (χ1n) is 12.3. The molecule has 0 spiro atoms. The zero-order chi connectivity index (χ0) is 23.8. The number of hydrogen-bond donors (Lipinski definition) is 0. The number of hydrogen-bond acceptors (Lipinski definition) is 0. The fourth-order valence-electron chi connectivity index (χ4n) is 6.11. The zero-order valence-electron chi connectivity index (χ0n) is 20.9. The molecule has 0 N–H and O–H groups in total. The largest absolute Gasteiger partial charge is 0.146 e. The van der Waals surface area contributed by atoms with Crippen LogP contribution in [-0.2, 0) is 0 Å². The maximum Gasteiger partial charge on any atom is 0.146 e. The second-order valence-electron chi connectivity index (χ2n) is 10.5. The minimum atomic E-state index is -1.84. The van der Waals surface area contributed by atoms with E-state index in [9.17, 15) is 0 Å². The van der Waals surface area contributed by atoms with Gasteiger partial charge in [0.15, 0.2) is 0 Å². The maximum atomic E-state index is 4.05. The molecule has 0 nitrogen and oxygen atoms in total. The van der Waals surface area contributed by atoms with E-state index in [0.717, 1.165) is 6.42 Å². The van der Waals surface area contributed by atoms with E-state index in [1.807, 2.05) is 0 Å². The summed E-state index contributed by atoms with van der Waals surface area (Å²) < 4.78 is 0. The molecule has 1 aliphatic carbocycles. The fraction of sp³-hybridized carbons (Fsp3) is 0.355. The van der Waals surface area contributed by atoms with Crippen LogP contribution in [0.4, 0.5) is 0 Å². The van der Waals surface area contributed by atoms with Gasteiger partial charge in [0.1, 0.15) is 8.07 Å². The van der Waals surface area contributed by atoms with Crippen molar-refractivity contribution in [3.63, 3.8) is 0 Å². The molecule has 0 fully saturated rings. The summed E-state index contributed by atoms with van der Waals surface area (Å²) in [4.78, 5) is 0. The van der Waals surface area contributed by atoms with Crippen molar-refractivity contribution in [1.29, 1.82) is 0 Å². The lowest BCUT2D eigenvalue weighted by atomic mass is 9.82. The fourth-order valence-corrected chi connectivity index (χ4v) is 12.1. The molecule has 0 aromatic heterocycles. The Hall–Kier alpha value is -2.13. The molecule has 0 amide bonds. The molecule has 33 heavy (non-hydrogen) atoms. The van der Waals surface area contributed by atoms with E-state index in [1.54, 1.807) is 0 Å². The van der Waals surface area contributed by atoms with Gasteiger partial charge in [-0.3, -0.25) is 0 Å². The second-order valence-corrected chi connectivity index (χ2v) is 17.1. The van der Waals surface area contributed by atoms with E-state index in [2.05, 4.69) is 135 Å². The first-order chi connectivity index (χ1) is 15.7. The normalized spacial score (nSPS) is 18.3. The van der Waals surface area contributed by atoms with E-state index in [4.69, 9.17) is 0 Å². The smallest absolute Gasteiger partial charge is 0.129 e. The Kier molecular flexibility index (Phi) is 6.73. The van der Waals surface area contributed by atoms with Crippen molar-refractivity contribution >= 4 is 39.7 Å². The summed E-state index contributed by atoms with van der Waals surface area (Å²) in [5.41, 5.74) is 8.59. The van der Waals surface area contributed by atoms with E-state index in [1.165, 1.54) is 32.3 Å². The molecule has 1 aliphatic rings. The van der Waals surface area contributed by atoms with Gasteiger partial charge in [0.2, 0.25) is 0 Å². The second kappa shape index (κ2) is 9.25. The van der Waals surface area contributed by atoms with Gasteiger partial charge in [0.25, 0.3) is 0 Å². The van der Waals surface area contributed by atoms with Gasteiger partial charge >= 0.3 is 0 Å². The van der Waals surface area contributed by atoms with Gasteiger partial charge in [0, 0.05) is 0 Å². The van der Waals surface area contributed by atoms with Crippen LogP contribution in [0, 0.1) is 11.5 Å². The molecule has 4 rings (SSSR count). The minimum Gasteiger partial charge on any atom is -0.129 e. The van der Waals surface area contributed by atoms with Crippen LogP contribution in [0.3, 0.4) is 0 Å². The molecule has 170 valence electrons. The van der Waals surface area contributed by atoms with Crippen molar-refractivity contribution in [1.82, 2.24) is 0 Å². The van der Waals surface area contributed by atoms with Gasteiger partial charge in [-0.15, -0.1) is 14.8 Å². The predicted molar refractivity (Wildman–Crippen MR) is 152 cm³/mol. The lowest BCUT2D eigenvalue weighted by molar-refractivity contribution is 0.837. The summed E-state index contributed by atoms with van der Waals surface area (Å²) in [5.74, 6) is 3.94. The third-order valence-electron chi connectivity index (χ3n) is 7.75. The third kappa shape index (κ3) is 4.14. The molecular weight excluding hydrogens is 431 g/mol. The Bertz CT molecular complexity index is 1330. The predicted octanol–water partition coefficient (Wildman–Crippen LogP) is 7.06. The van der Waals surface area contributed by atoms with Crippen LogP contribution in [0.5, 0.6) is 0 Å². The molecule has 0 saturated carbocycles. The molecule has 0 aliphatic heterocycles. The van der Waals surface area contributed by atoms with Crippen LogP contribution in [0.2, 0.25) is 16.6 Å². The van der Waals surface area contributed by atoms with Crippen molar-refractivity contribution in [2.75, 3.05) is 0 Å². The summed E-state index contributed by atoms with van der Waals surface area (Å²) in [6.07, 6.45) is 3.30. The van der Waals surface area contributed by atoms with Crippen LogP contribution in [0.25, 0.3) is 22.4 Å². The molecule has 0 bridgehead atoms. The molecule has 0 heterocycles. The monoisotopic (exact) mass is 468 g/mol. The highest BCUT2D eigenvalue weighted by Gasteiger charge is 2.42. The average Bonchev–Trinajstić information content (AvgIpc) is 2.78. The molecule has 3 aromatic rings. The Morgan fingerprint density at radius 2 is 1.39 bits per heavy atom. The summed E-state index contributed by atoms with van der Waals surface area (Å²) in [5, 5.41) is 4.93. The van der Waals surface area contributed by atoms with E-state index >= 15 is 0 Å². The SMILES string of the molecule is CC(C)[Si](C#CC1(P)CC=c2ccccc2=C1c1cccc2ccccc12)(C(C)C)C(C)C. The van der Waals surface area contributed by atoms with Gasteiger partial charge in [-0.1, -0.05) is 120 Å².